The molecule has 0 aliphatic carbocycles. The van der Waals surface area contributed by atoms with E-state index in [4.69, 9.17) is 13.8 Å². The summed E-state index contributed by atoms with van der Waals surface area (Å²) in [4.78, 5) is 41.6. The van der Waals surface area contributed by atoms with Crippen LogP contribution in [-0.4, -0.2) is 44.5 Å². The van der Waals surface area contributed by atoms with E-state index in [1.165, 1.54) is 0 Å². The Labute approximate surface area is 376 Å². The third-order valence-electron chi connectivity index (χ3n) is 13.1. The minimum atomic E-state index is -2.93. The molecule has 0 radical (unpaired) electrons. The average molecular weight is 889 g/mol. The van der Waals surface area contributed by atoms with Crippen LogP contribution in [0.5, 0.6) is 5.75 Å². The molecule has 332 valence electrons. The van der Waals surface area contributed by atoms with Gasteiger partial charge in [0.1, 0.15) is 11.9 Å². The van der Waals surface area contributed by atoms with Gasteiger partial charge in [-0.05, 0) is 33.4 Å². The van der Waals surface area contributed by atoms with Gasteiger partial charge in [0, 0.05) is 38.4 Å². The number of ether oxygens (including phenoxy) is 1. The Hall–Kier alpha value is -4.30. The molecule has 5 N–H and O–H groups in total. The number of benzene rings is 6. The van der Waals surface area contributed by atoms with Gasteiger partial charge in [0.05, 0.1) is 25.2 Å². The Balaban J connectivity index is 1.80. The number of para-hydroxylation sites is 1. The second-order valence-corrected chi connectivity index (χ2v) is 20.0. The second kappa shape index (κ2) is 19.8. The smallest absolute Gasteiger partial charge is 0.327 e. The molecule has 0 aliphatic rings. The number of hydrogen-bond acceptors (Lipinski definition) is 8. The molecule has 0 aromatic heterocycles. The molecule has 6 aromatic rings. The lowest BCUT2D eigenvalue weighted by Crippen LogP contribution is -2.46. The van der Waals surface area contributed by atoms with Gasteiger partial charge in [-0.1, -0.05) is 213 Å². The highest BCUT2D eigenvalue weighted by Crippen LogP contribution is 2.54. The topological polar surface area (TPSA) is 129 Å². The summed E-state index contributed by atoms with van der Waals surface area (Å²) in [5.74, 6) is 0.560. The van der Waals surface area contributed by atoms with E-state index < -0.39 is 70.2 Å². The van der Waals surface area contributed by atoms with Crippen molar-refractivity contribution in [1.82, 2.24) is 0 Å². The Morgan fingerprint density at radius 1 is 0.413 bits per heavy atom. The van der Waals surface area contributed by atoms with E-state index in [-0.39, 0.29) is 0 Å². The van der Waals surface area contributed by atoms with Crippen LogP contribution in [0.3, 0.4) is 0 Å². The molecule has 10 heteroatoms. The molecule has 63 heavy (non-hydrogen) atoms. The Morgan fingerprint density at radius 2 is 0.698 bits per heavy atom. The molecule has 0 aliphatic heterocycles. The Kier molecular flexibility index (Phi) is 15.2. The van der Waals surface area contributed by atoms with Crippen LogP contribution in [0.25, 0.3) is 0 Å². The summed E-state index contributed by atoms with van der Waals surface area (Å²) in [6.07, 6.45) is -1.19. The van der Waals surface area contributed by atoms with Gasteiger partial charge in [0.2, 0.25) is 0 Å². The lowest BCUT2D eigenvalue weighted by Gasteiger charge is -2.45. The summed E-state index contributed by atoms with van der Waals surface area (Å²) >= 11 is 0. The average Bonchev–Trinajstić information content (AvgIpc) is 3.29. The minimum absolute atomic E-state index is 0.483. The van der Waals surface area contributed by atoms with Crippen LogP contribution in [0.4, 0.5) is 0 Å². The van der Waals surface area contributed by atoms with E-state index in [9.17, 15) is 24.7 Å². The highest BCUT2D eigenvalue weighted by atomic mass is 31.2. The van der Waals surface area contributed by atoms with Crippen molar-refractivity contribution in [3.05, 3.63) is 208 Å². The molecule has 0 amide bonds. The third-order valence-corrected chi connectivity index (χ3v) is 13.8. The molecule has 0 fully saturated rings. The molecule has 0 saturated heterocycles. The number of hydrogen-bond donors (Lipinski definition) is 5. The molecule has 8 nitrogen and oxygen atoms in total. The second-order valence-electron chi connectivity index (χ2n) is 18.5. The van der Waals surface area contributed by atoms with Gasteiger partial charge in [-0.3, -0.25) is 0 Å². The fourth-order valence-corrected chi connectivity index (χ4v) is 9.72. The van der Waals surface area contributed by atoms with Gasteiger partial charge in [-0.25, -0.2) is 0 Å². The van der Waals surface area contributed by atoms with Crippen molar-refractivity contribution in [3.63, 3.8) is 0 Å². The summed E-state index contributed by atoms with van der Waals surface area (Å²) in [6, 6.07) is 53.3. The van der Waals surface area contributed by atoms with Crippen molar-refractivity contribution < 1.29 is 38.5 Å². The molecular weight excluding hydrogens is 827 g/mol. The van der Waals surface area contributed by atoms with Gasteiger partial charge in [-0.15, -0.1) is 0 Å². The van der Waals surface area contributed by atoms with E-state index in [1.807, 2.05) is 78.9 Å². The van der Waals surface area contributed by atoms with E-state index in [0.717, 1.165) is 50.1 Å². The summed E-state index contributed by atoms with van der Waals surface area (Å²) in [6.45, 7) is 15.6. The van der Waals surface area contributed by atoms with Gasteiger partial charge in [0.25, 0.3) is 0 Å². The van der Waals surface area contributed by atoms with Crippen LogP contribution >= 0.6 is 17.2 Å². The molecule has 0 heterocycles. The van der Waals surface area contributed by atoms with Crippen LogP contribution < -0.4 is 4.74 Å². The standard InChI is InChI=1S/C53H62O8P2/c1-49(2,38-23-13-9-14-24-38)42-31-21-32-43(50(3,4)39-25-15-10-16-26-39)46(42)48(53(35-54,36-59-62(55)56)37-60-63(57)58)61-47-44(51(5,6)40-27-17-11-18-28-40)33-22-34-45(47)52(7,8)41-29-19-12-20-30-41/h9-34,48,54-58H,35-37H2,1-8H3. The van der Waals surface area contributed by atoms with E-state index in [1.54, 1.807) is 0 Å². The van der Waals surface area contributed by atoms with E-state index >= 15 is 0 Å². The lowest BCUT2D eigenvalue weighted by atomic mass is 9.66. The predicted octanol–water partition coefficient (Wildman–Crippen LogP) is 11.5. The SMILES string of the molecule is CC(C)(c1ccccc1)c1cccc(C(C)(C)c2ccccc2)c1OC(c1c(C(C)(C)c2ccccc2)cccc1C(C)(C)c1ccccc1)C(CO)(COP(O)O)COP(O)O. The Morgan fingerprint density at radius 3 is 0.984 bits per heavy atom. The van der Waals surface area contributed by atoms with E-state index in [2.05, 4.69) is 134 Å². The first kappa shape index (κ1) is 48.2. The van der Waals surface area contributed by atoms with Gasteiger partial charge in [0.15, 0.2) is 0 Å². The molecule has 0 saturated carbocycles. The number of aliphatic hydroxyl groups is 1. The van der Waals surface area contributed by atoms with Gasteiger partial charge in [-0.2, -0.15) is 0 Å². The zero-order valence-electron chi connectivity index (χ0n) is 37.6. The summed E-state index contributed by atoms with van der Waals surface area (Å²) in [5.41, 5.74) is 4.07. The molecule has 1 atom stereocenters. The first-order valence-corrected chi connectivity index (χ1v) is 23.6. The van der Waals surface area contributed by atoms with Crippen molar-refractivity contribution in [2.45, 2.75) is 83.2 Å². The van der Waals surface area contributed by atoms with Crippen LogP contribution in [0, 0.1) is 5.41 Å². The summed E-state index contributed by atoms with van der Waals surface area (Å²) in [7, 11) is -5.87. The molecular formula is C53H62O8P2. The van der Waals surface area contributed by atoms with Crippen molar-refractivity contribution >= 4 is 17.2 Å². The third kappa shape index (κ3) is 10.2. The molecule has 1 unspecified atom stereocenters. The van der Waals surface area contributed by atoms with Crippen molar-refractivity contribution in [3.8, 4) is 5.75 Å². The van der Waals surface area contributed by atoms with Crippen molar-refractivity contribution in [2.24, 2.45) is 5.41 Å². The summed E-state index contributed by atoms with van der Waals surface area (Å²) < 4.78 is 19.4. The number of rotatable bonds is 19. The fourth-order valence-electron chi connectivity index (χ4n) is 8.98. The Bertz CT molecular complexity index is 2230. The molecule has 0 spiro atoms. The summed E-state index contributed by atoms with van der Waals surface area (Å²) in [5, 5.41) is 12.0. The molecule has 6 aromatic carbocycles. The quantitative estimate of drug-likeness (QED) is 0.0509. The van der Waals surface area contributed by atoms with E-state index in [0.29, 0.717) is 5.75 Å². The fraction of sp³-hybridized carbons (Fsp3) is 0.321. The maximum absolute atomic E-state index is 12.0. The minimum Gasteiger partial charge on any atom is -0.484 e. The van der Waals surface area contributed by atoms with Crippen molar-refractivity contribution in [2.75, 3.05) is 19.8 Å². The predicted molar refractivity (Wildman–Crippen MR) is 255 cm³/mol. The maximum atomic E-state index is 12.0. The van der Waals surface area contributed by atoms with Crippen LogP contribution in [0.15, 0.2) is 158 Å². The lowest BCUT2D eigenvalue weighted by molar-refractivity contribution is -0.0672. The van der Waals surface area contributed by atoms with Gasteiger partial charge >= 0.3 is 17.2 Å². The first-order chi connectivity index (χ1) is 29.9. The number of aliphatic hydroxyl groups excluding tert-OH is 1. The van der Waals surface area contributed by atoms with Gasteiger partial charge < -0.3 is 38.5 Å². The highest BCUT2D eigenvalue weighted by Gasteiger charge is 2.49. The monoisotopic (exact) mass is 888 g/mol. The molecule has 6 rings (SSSR count). The maximum Gasteiger partial charge on any atom is 0.327 e. The van der Waals surface area contributed by atoms with Crippen LogP contribution in [0.1, 0.15) is 112 Å². The van der Waals surface area contributed by atoms with Crippen LogP contribution in [-0.2, 0) is 30.7 Å². The normalized spacial score (nSPS) is 13.4. The van der Waals surface area contributed by atoms with Crippen LogP contribution in [0.2, 0.25) is 0 Å². The van der Waals surface area contributed by atoms with Crippen molar-refractivity contribution in [1.29, 1.82) is 0 Å². The highest BCUT2D eigenvalue weighted by molar-refractivity contribution is 7.39. The zero-order chi connectivity index (χ0) is 45.6. The zero-order valence-corrected chi connectivity index (χ0v) is 39.4. The largest absolute Gasteiger partial charge is 0.484 e. The first-order valence-electron chi connectivity index (χ1n) is 21.3. The molecule has 0 bridgehead atoms.